The van der Waals surface area contributed by atoms with Gasteiger partial charge in [-0.3, -0.25) is 4.79 Å². The van der Waals surface area contributed by atoms with E-state index in [0.29, 0.717) is 30.2 Å². The highest BCUT2D eigenvalue weighted by Gasteiger charge is 2.12. The molecule has 6 heteroatoms. The highest BCUT2D eigenvalue weighted by atomic mass is 16.5. The fourth-order valence-electron chi connectivity index (χ4n) is 2.21. The lowest BCUT2D eigenvalue weighted by molar-refractivity contribution is -0.120. The van der Waals surface area contributed by atoms with Gasteiger partial charge in [-0.2, -0.15) is 0 Å². The van der Waals surface area contributed by atoms with Gasteiger partial charge in [0, 0.05) is 6.54 Å². The molecule has 0 fully saturated rings. The van der Waals surface area contributed by atoms with Crippen molar-refractivity contribution in [1.82, 2.24) is 5.32 Å². The minimum absolute atomic E-state index is 0.121. The number of furan rings is 1. The molecule has 0 saturated carbocycles. The lowest BCUT2D eigenvalue weighted by Crippen LogP contribution is -2.27. The molecule has 23 heavy (non-hydrogen) atoms. The molecule has 0 radical (unpaired) electrons. The van der Waals surface area contributed by atoms with E-state index in [9.17, 15) is 9.90 Å². The fraction of sp³-hybridized carbons (Fsp3) is 0.353. The van der Waals surface area contributed by atoms with Gasteiger partial charge in [-0.05, 0) is 36.2 Å². The van der Waals surface area contributed by atoms with Gasteiger partial charge >= 0.3 is 0 Å². The number of benzene rings is 1. The Morgan fingerprint density at radius 2 is 2.04 bits per heavy atom. The number of carbonyl (C=O) groups is 1. The van der Waals surface area contributed by atoms with E-state index in [2.05, 4.69) is 5.32 Å². The third kappa shape index (κ3) is 4.75. The van der Waals surface area contributed by atoms with Gasteiger partial charge in [0.25, 0.3) is 0 Å². The van der Waals surface area contributed by atoms with Gasteiger partial charge in [-0.1, -0.05) is 6.07 Å². The second-order valence-corrected chi connectivity index (χ2v) is 5.04. The van der Waals surface area contributed by atoms with Crippen molar-refractivity contribution < 1.29 is 23.8 Å². The predicted molar refractivity (Wildman–Crippen MR) is 84.5 cm³/mol. The summed E-state index contributed by atoms with van der Waals surface area (Å²) in [5.74, 6) is 1.59. The Morgan fingerprint density at radius 3 is 2.70 bits per heavy atom. The molecule has 6 nitrogen and oxygen atoms in total. The Hall–Kier alpha value is -2.47. The Balaban J connectivity index is 1.80. The van der Waals surface area contributed by atoms with E-state index in [1.165, 1.54) is 6.26 Å². The molecule has 2 rings (SSSR count). The van der Waals surface area contributed by atoms with Gasteiger partial charge in [-0.25, -0.2) is 0 Å². The largest absolute Gasteiger partial charge is 0.493 e. The summed E-state index contributed by atoms with van der Waals surface area (Å²) >= 11 is 0. The average Bonchev–Trinajstić information content (AvgIpc) is 3.09. The summed E-state index contributed by atoms with van der Waals surface area (Å²) in [7, 11) is 3.12. The van der Waals surface area contributed by atoms with Crippen LogP contribution in [0.25, 0.3) is 0 Å². The second-order valence-electron chi connectivity index (χ2n) is 5.04. The van der Waals surface area contributed by atoms with Crippen LogP contribution in [0.2, 0.25) is 0 Å². The van der Waals surface area contributed by atoms with Crippen molar-refractivity contribution in [3.63, 3.8) is 0 Å². The number of aliphatic hydroxyl groups is 1. The van der Waals surface area contributed by atoms with Crippen molar-refractivity contribution in [2.75, 3.05) is 20.8 Å². The van der Waals surface area contributed by atoms with Crippen LogP contribution >= 0.6 is 0 Å². The van der Waals surface area contributed by atoms with E-state index < -0.39 is 6.10 Å². The van der Waals surface area contributed by atoms with E-state index in [1.54, 1.807) is 38.5 Å². The highest BCUT2D eigenvalue weighted by Crippen LogP contribution is 2.27. The molecule has 124 valence electrons. The molecule has 0 saturated heterocycles. The lowest BCUT2D eigenvalue weighted by atomic mass is 10.1. The molecule has 0 aliphatic carbocycles. The molecule has 1 amide bonds. The van der Waals surface area contributed by atoms with Crippen molar-refractivity contribution in [3.8, 4) is 11.5 Å². The topological polar surface area (TPSA) is 80.9 Å². The van der Waals surface area contributed by atoms with Crippen LogP contribution in [-0.2, 0) is 11.2 Å². The minimum Gasteiger partial charge on any atom is -0.493 e. The van der Waals surface area contributed by atoms with Crippen molar-refractivity contribution in [3.05, 3.63) is 47.9 Å². The van der Waals surface area contributed by atoms with Gasteiger partial charge in [0.2, 0.25) is 5.91 Å². The smallest absolute Gasteiger partial charge is 0.224 e. The van der Waals surface area contributed by atoms with E-state index in [0.717, 1.165) is 5.56 Å². The van der Waals surface area contributed by atoms with E-state index in [1.807, 2.05) is 6.07 Å². The van der Waals surface area contributed by atoms with Gasteiger partial charge < -0.3 is 24.3 Å². The molecule has 0 aliphatic heterocycles. The van der Waals surface area contributed by atoms with Crippen LogP contribution in [0.3, 0.4) is 0 Å². The Labute approximate surface area is 135 Å². The molecule has 0 aliphatic rings. The first-order valence-corrected chi connectivity index (χ1v) is 7.33. The van der Waals surface area contributed by atoms with Crippen LogP contribution in [0.5, 0.6) is 11.5 Å². The highest BCUT2D eigenvalue weighted by molar-refractivity contribution is 5.78. The number of hydrogen-bond donors (Lipinski definition) is 2. The summed E-state index contributed by atoms with van der Waals surface area (Å²) in [6.45, 7) is 0.369. The molecule has 1 aromatic heterocycles. The molecule has 0 bridgehead atoms. The number of rotatable bonds is 8. The summed E-state index contributed by atoms with van der Waals surface area (Å²) in [5.41, 5.74) is 0.826. The fourth-order valence-corrected chi connectivity index (χ4v) is 2.21. The van der Waals surface area contributed by atoms with Gasteiger partial charge in [0.15, 0.2) is 11.5 Å². The van der Waals surface area contributed by atoms with Gasteiger partial charge in [0.05, 0.1) is 26.9 Å². The predicted octanol–water partition coefficient (Wildman–Crippen LogP) is 2.08. The molecule has 2 aromatic rings. The number of aliphatic hydroxyl groups excluding tert-OH is 1. The normalized spacial score (nSPS) is 11.8. The van der Waals surface area contributed by atoms with E-state index in [4.69, 9.17) is 13.9 Å². The summed E-state index contributed by atoms with van der Waals surface area (Å²) in [4.78, 5) is 11.9. The Morgan fingerprint density at radius 1 is 1.26 bits per heavy atom. The van der Waals surface area contributed by atoms with Crippen molar-refractivity contribution in [1.29, 1.82) is 0 Å². The summed E-state index contributed by atoms with van der Waals surface area (Å²) in [6.07, 6.45) is 1.42. The summed E-state index contributed by atoms with van der Waals surface area (Å²) in [5, 5.41) is 12.6. The van der Waals surface area contributed by atoms with Gasteiger partial charge in [0.1, 0.15) is 11.9 Å². The van der Waals surface area contributed by atoms with E-state index in [-0.39, 0.29) is 12.3 Å². The molecule has 1 heterocycles. The first-order valence-electron chi connectivity index (χ1n) is 7.33. The monoisotopic (exact) mass is 319 g/mol. The third-order valence-electron chi connectivity index (χ3n) is 3.42. The quantitative estimate of drug-likeness (QED) is 0.778. The van der Waals surface area contributed by atoms with Gasteiger partial charge in [-0.15, -0.1) is 0 Å². The molecule has 0 spiro atoms. The standard InChI is InChI=1S/C17H21NO5/c1-21-15-6-5-12(10-16(15)22-2)11-17(20)18-8-7-13(19)14-4-3-9-23-14/h3-6,9-10,13,19H,7-8,11H2,1-2H3,(H,18,20). The summed E-state index contributed by atoms with van der Waals surface area (Å²) < 4.78 is 15.5. The number of nitrogens with one attached hydrogen (secondary N) is 1. The lowest BCUT2D eigenvalue weighted by Gasteiger charge is -2.11. The number of amides is 1. The van der Waals surface area contributed by atoms with Crippen LogP contribution in [0, 0.1) is 0 Å². The van der Waals surface area contributed by atoms with E-state index >= 15 is 0 Å². The van der Waals surface area contributed by atoms with Crippen molar-refractivity contribution >= 4 is 5.91 Å². The zero-order valence-corrected chi connectivity index (χ0v) is 13.2. The number of carbonyl (C=O) groups excluding carboxylic acids is 1. The van der Waals surface area contributed by atoms with Crippen LogP contribution in [0.1, 0.15) is 23.8 Å². The third-order valence-corrected chi connectivity index (χ3v) is 3.42. The van der Waals surface area contributed by atoms with Crippen LogP contribution in [0.4, 0.5) is 0 Å². The maximum Gasteiger partial charge on any atom is 0.224 e. The van der Waals surface area contributed by atoms with Crippen LogP contribution in [-0.4, -0.2) is 31.8 Å². The first-order chi connectivity index (χ1) is 11.1. The zero-order chi connectivity index (χ0) is 16.7. The minimum atomic E-state index is -0.716. The maximum atomic E-state index is 11.9. The zero-order valence-electron chi connectivity index (χ0n) is 13.2. The molecular weight excluding hydrogens is 298 g/mol. The average molecular weight is 319 g/mol. The molecule has 2 N–H and O–H groups in total. The van der Waals surface area contributed by atoms with Crippen molar-refractivity contribution in [2.45, 2.75) is 18.9 Å². The Bertz CT molecular complexity index is 624. The molecule has 1 atom stereocenters. The SMILES string of the molecule is COc1ccc(CC(=O)NCCC(O)c2ccco2)cc1OC. The molecular formula is C17H21NO5. The Kier molecular flexibility index (Phi) is 6.05. The van der Waals surface area contributed by atoms with Crippen LogP contribution < -0.4 is 14.8 Å². The number of methoxy groups -OCH3 is 2. The van der Waals surface area contributed by atoms with Crippen molar-refractivity contribution in [2.24, 2.45) is 0 Å². The number of ether oxygens (including phenoxy) is 2. The maximum absolute atomic E-state index is 11.9. The molecule has 1 unspecified atom stereocenters. The second kappa shape index (κ2) is 8.24. The number of hydrogen-bond acceptors (Lipinski definition) is 5. The first kappa shape index (κ1) is 16.9. The van der Waals surface area contributed by atoms with Crippen LogP contribution in [0.15, 0.2) is 41.0 Å². The molecule has 1 aromatic carbocycles. The summed E-state index contributed by atoms with van der Waals surface area (Å²) in [6, 6.07) is 8.78.